The third kappa shape index (κ3) is 3.63. The van der Waals surface area contributed by atoms with Gasteiger partial charge in [0.1, 0.15) is 0 Å². The summed E-state index contributed by atoms with van der Waals surface area (Å²) in [5.41, 5.74) is 5.44. The summed E-state index contributed by atoms with van der Waals surface area (Å²) in [5, 5.41) is 12.2. The minimum absolute atomic E-state index is 0.0602. The van der Waals surface area contributed by atoms with Crippen LogP contribution in [0.4, 0.5) is 0 Å². The minimum Gasteiger partial charge on any atom is -0.396 e. The third-order valence-corrected chi connectivity index (χ3v) is 2.72. The van der Waals surface area contributed by atoms with Gasteiger partial charge in [0.05, 0.1) is 6.61 Å². The molecule has 0 aromatic carbocycles. The van der Waals surface area contributed by atoms with E-state index in [2.05, 4.69) is 24.2 Å². The number of nitrogens with zero attached hydrogens (tertiary/aromatic N) is 1. The van der Waals surface area contributed by atoms with Crippen molar-refractivity contribution in [3.63, 3.8) is 0 Å². The van der Waals surface area contributed by atoms with E-state index < -0.39 is 0 Å². The second-order valence-electron chi connectivity index (χ2n) is 3.33. The van der Waals surface area contributed by atoms with Crippen molar-refractivity contribution in [2.24, 2.45) is 16.1 Å². The molecule has 0 spiro atoms. The molecule has 4 heteroatoms. The molecule has 4 N–H and O–H groups in total. The summed E-state index contributed by atoms with van der Waals surface area (Å²) in [7, 11) is 1.64. The molecular formula is C9H21N3O. The van der Waals surface area contributed by atoms with Crippen LogP contribution in [0.3, 0.4) is 0 Å². The number of rotatable bonds is 5. The second kappa shape index (κ2) is 5.80. The predicted octanol–water partition coefficient (Wildman–Crippen LogP) is 0.319. The zero-order valence-electron chi connectivity index (χ0n) is 8.80. The molecule has 0 saturated heterocycles. The lowest BCUT2D eigenvalue weighted by molar-refractivity contribution is 0.118. The van der Waals surface area contributed by atoms with Crippen molar-refractivity contribution < 1.29 is 5.11 Å². The van der Waals surface area contributed by atoms with Crippen molar-refractivity contribution in [2.45, 2.75) is 26.7 Å². The van der Waals surface area contributed by atoms with Crippen LogP contribution in [0.25, 0.3) is 0 Å². The van der Waals surface area contributed by atoms with Crippen LogP contribution in [0.15, 0.2) is 4.99 Å². The Kier molecular flexibility index (Phi) is 5.46. The number of aliphatic hydroxyl groups excluding tert-OH is 1. The van der Waals surface area contributed by atoms with Gasteiger partial charge in [0, 0.05) is 19.0 Å². The van der Waals surface area contributed by atoms with Crippen LogP contribution < -0.4 is 11.1 Å². The molecule has 0 aromatic rings. The van der Waals surface area contributed by atoms with Gasteiger partial charge in [-0.15, -0.1) is 0 Å². The van der Waals surface area contributed by atoms with E-state index in [9.17, 15) is 5.11 Å². The topological polar surface area (TPSA) is 70.6 Å². The first-order chi connectivity index (χ1) is 6.14. The maximum atomic E-state index is 9.24. The zero-order valence-corrected chi connectivity index (χ0v) is 8.80. The van der Waals surface area contributed by atoms with Crippen LogP contribution >= 0.6 is 0 Å². The van der Waals surface area contributed by atoms with Gasteiger partial charge in [0.25, 0.3) is 0 Å². The first-order valence-corrected chi connectivity index (χ1v) is 4.71. The van der Waals surface area contributed by atoms with Crippen molar-refractivity contribution in [3.8, 4) is 0 Å². The number of nitrogens with two attached hydrogens (primary N) is 1. The molecule has 0 radical (unpaired) electrons. The van der Waals surface area contributed by atoms with Gasteiger partial charge in [0.2, 0.25) is 0 Å². The molecule has 0 fully saturated rings. The molecule has 0 heterocycles. The van der Waals surface area contributed by atoms with E-state index in [4.69, 9.17) is 5.73 Å². The second-order valence-corrected chi connectivity index (χ2v) is 3.33. The van der Waals surface area contributed by atoms with Gasteiger partial charge in [-0.05, 0) is 12.8 Å². The largest absolute Gasteiger partial charge is 0.396 e. The first-order valence-electron chi connectivity index (χ1n) is 4.71. The fraction of sp³-hybridized carbons (Fsp3) is 0.889. The maximum Gasteiger partial charge on any atom is 0.188 e. The van der Waals surface area contributed by atoms with Crippen LogP contribution in [0.1, 0.15) is 26.7 Å². The van der Waals surface area contributed by atoms with Gasteiger partial charge in [-0.25, -0.2) is 0 Å². The normalized spacial score (nSPS) is 13.1. The standard InChI is InChI=1S/C9H21N3O/c1-4-9(5-2,7-13)6-12-8(10)11-3/h13H,4-7H2,1-3H3,(H3,10,11,12). The fourth-order valence-corrected chi connectivity index (χ4v) is 1.14. The monoisotopic (exact) mass is 187 g/mol. The highest BCUT2D eigenvalue weighted by atomic mass is 16.3. The molecule has 0 aliphatic heterocycles. The van der Waals surface area contributed by atoms with Crippen LogP contribution in [-0.2, 0) is 0 Å². The minimum atomic E-state index is -0.0602. The van der Waals surface area contributed by atoms with Crippen molar-refractivity contribution in [3.05, 3.63) is 0 Å². The fourth-order valence-electron chi connectivity index (χ4n) is 1.14. The molecule has 0 aromatic heterocycles. The van der Waals surface area contributed by atoms with Crippen LogP contribution in [-0.4, -0.2) is 31.3 Å². The Morgan fingerprint density at radius 2 is 2.00 bits per heavy atom. The quantitative estimate of drug-likeness (QED) is 0.429. The lowest BCUT2D eigenvalue weighted by Crippen LogP contribution is -2.42. The Morgan fingerprint density at radius 1 is 1.46 bits per heavy atom. The molecule has 0 aliphatic rings. The Labute approximate surface area is 80.2 Å². The lowest BCUT2D eigenvalue weighted by atomic mass is 9.83. The zero-order chi connectivity index (χ0) is 10.3. The van der Waals surface area contributed by atoms with Crippen molar-refractivity contribution >= 4 is 5.96 Å². The Balaban J connectivity index is 4.10. The lowest BCUT2D eigenvalue weighted by Gasteiger charge is -2.29. The van der Waals surface area contributed by atoms with Crippen LogP contribution in [0.2, 0.25) is 0 Å². The van der Waals surface area contributed by atoms with E-state index in [1.165, 1.54) is 0 Å². The highest BCUT2D eigenvalue weighted by molar-refractivity contribution is 5.77. The average molecular weight is 187 g/mol. The number of aliphatic imine (C=N–C) groups is 1. The molecule has 0 atom stereocenters. The van der Waals surface area contributed by atoms with E-state index >= 15 is 0 Å². The molecule has 0 unspecified atom stereocenters. The highest BCUT2D eigenvalue weighted by Gasteiger charge is 2.24. The third-order valence-electron chi connectivity index (χ3n) is 2.72. The summed E-state index contributed by atoms with van der Waals surface area (Å²) < 4.78 is 0. The number of hydrogen-bond acceptors (Lipinski definition) is 2. The maximum absolute atomic E-state index is 9.24. The number of hydrogen-bond donors (Lipinski definition) is 3. The average Bonchev–Trinajstić information content (AvgIpc) is 2.20. The summed E-state index contributed by atoms with van der Waals surface area (Å²) in [6, 6.07) is 0. The van der Waals surface area contributed by atoms with Crippen LogP contribution in [0, 0.1) is 5.41 Å². The number of nitrogens with one attached hydrogen (secondary N) is 1. The summed E-state index contributed by atoms with van der Waals surface area (Å²) >= 11 is 0. The molecular weight excluding hydrogens is 166 g/mol. The molecule has 4 nitrogen and oxygen atoms in total. The van der Waals surface area contributed by atoms with E-state index in [1.807, 2.05) is 0 Å². The van der Waals surface area contributed by atoms with Crippen LogP contribution in [0.5, 0.6) is 0 Å². The van der Waals surface area contributed by atoms with Gasteiger partial charge in [-0.3, -0.25) is 4.99 Å². The Morgan fingerprint density at radius 3 is 2.31 bits per heavy atom. The number of guanidine groups is 1. The van der Waals surface area contributed by atoms with Gasteiger partial charge in [-0.1, -0.05) is 13.8 Å². The highest BCUT2D eigenvalue weighted by Crippen LogP contribution is 2.24. The predicted molar refractivity (Wildman–Crippen MR) is 55.6 cm³/mol. The molecule has 13 heavy (non-hydrogen) atoms. The van der Waals surface area contributed by atoms with Crippen molar-refractivity contribution in [1.29, 1.82) is 0 Å². The Hall–Kier alpha value is -0.770. The van der Waals surface area contributed by atoms with E-state index in [-0.39, 0.29) is 12.0 Å². The SMILES string of the molecule is CCC(CC)(CO)CNC(N)=NC. The molecule has 0 bridgehead atoms. The van der Waals surface area contributed by atoms with Gasteiger partial charge >= 0.3 is 0 Å². The van der Waals surface area contributed by atoms with E-state index in [0.717, 1.165) is 12.8 Å². The summed E-state index contributed by atoms with van der Waals surface area (Å²) in [6.45, 7) is 5.00. The van der Waals surface area contributed by atoms with Gasteiger partial charge in [-0.2, -0.15) is 0 Å². The molecule has 78 valence electrons. The Bertz CT molecular complexity index is 156. The van der Waals surface area contributed by atoms with E-state index in [0.29, 0.717) is 12.5 Å². The molecule has 0 aliphatic carbocycles. The molecule has 0 amide bonds. The first kappa shape index (κ1) is 12.2. The molecule has 0 saturated carbocycles. The van der Waals surface area contributed by atoms with Gasteiger partial charge in [0.15, 0.2) is 5.96 Å². The van der Waals surface area contributed by atoms with E-state index in [1.54, 1.807) is 7.05 Å². The smallest absolute Gasteiger partial charge is 0.188 e. The summed E-state index contributed by atoms with van der Waals surface area (Å²) in [5.74, 6) is 0.430. The van der Waals surface area contributed by atoms with Crippen molar-refractivity contribution in [2.75, 3.05) is 20.2 Å². The summed E-state index contributed by atoms with van der Waals surface area (Å²) in [6.07, 6.45) is 1.87. The van der Waals surface area contributed by atoms with Crippen molar-refractivity contribution in [1.82, 2.24) is 5.32 Å². The number of aliphatic hydroxyl groups is 1. The summed E-state index contributed by atoms with van der Waals surface area (Å²) in [4.78, 5) is 3.80. The van der Waals surface area contributed by atoms with Gasteiger partial charge < -0.3 is 16.2 Å². The molecule has 0 rings (SSSR count).